The largest absolute Gasteiger partial charge is 0.486 e. The minimum atomic E-state index is -0.995. The summed E-state index contributed by atoms with van der Waals surface area (Å²) < 4.78 is 37.9. The molecule has 0 unspecified atom stereocenters. The Morgan fingerprint density at radius 2 is 1.84 bits per heavy atom. The predicted octanol–water partition coefficient (Wildman–Crippen LogP) is 4.37. The Labute approximate surface area is 156 Å². The van der Waals surface area contributed by atoms with Crippen molar-refractivity contribution in [1.29, 1.82) is 0 Å². The van der Waals surface area contributed by atoms with E-state index in [9.17, 15) is 13.6 Å². The number of rotatable bonds is 5. The zero-order chi connectivity index (χ0) is 17.8. The van der Waals surface area contributed by atoms with Gasteiger partial charge in [-0.3, -0.25) is 4.79 Å². The monoisotopic (exact) mass is 429 g/mol. The Balaban J connectivity index is 1.54. The Bertz CT molecular complexity index is 804. The van der Waals surface area contributed by atoms with Crippen LogP contribution in [0.4, 0.5) is 14.5 Å². The van der Waals surface area contributed by atoms with Crippen molar-refractivity contribution in [3.05, 3.63) is 52.0 Å². The molecule has 1 amide bonds. The van der Waals surface area contributed by atoms with Gasteiger partial charge in [-0.15, -0.1) is 11.8 Å². The highest BCUT2D eigenvalue weighted by Crippen LogP contribution is 2.36. The van der Waals surface area contributed by atoms with Crippen LogP contribution in [0.2, 0.25) is 0 Å². The number of hydrogen-bond acceptors (Lipinski definition) is 4. The van der Waals surface area contributed by atoms with E-state index in [-0.39, 0.29) is 17.3 Å². The van der Waals surface area contributed by atoms with Gasteiger partial charge in [-0.05, 0) is 29.8 Å². The van der Waals surface area contributed by atoms with Gasteiger partial charge in [-0.25, -0.2) is 8.78 Å². The molecule has 1 N–H and O–H groups in total. The lowest BCUT2D eigenvalue weighted by Crippen LogP contribution is -2.16. The number of ether oxygens (including phenoxy) is 2. The molecule has 1 aliphatic rings. The summed E-state index contributed by atoms with van der Waals surface area (Å²) in [6.07, 6.45) is 0. The number of amides is 1. The molecule has 3 rings (SSSR count). The fourth-order valence-electron chi connectivity index (χ4n) is 2.24. The molecule has 1 heterocycles. The number of nitrogens with one attached hydrogen (secondary N) is 1. The highest BCUT2D eigenvalue weighted by Gasteiger charge is 2.15. The third-order valence-corrected chi connectivity index (χ3v) is 5.12. The van der Waals surface area contributed by atoms with Crippen LogP contribution in [-0.2, 0) is 10.5 Å². The number of carbonyl (C=O) groups excluding carboxylic acids is 1. The number of halogens is 3. The van der Waals surface area contributed by atoms with E-state index < -0.39 is 11.6 Å². The van der Waals surface area contributed by atoms with Crippen molar-refractivity contribution >= 4 is 39.3 Å². The first-order valence-electron chi connectivity index (χ1n) is 7.43. The molecule has 0 spiro atoms. The lowest BCUT2D eigenvalue weighted by atomic mass is 10.2. The van der Waals surface area contributed by atoms with Crippen LogP contribution in [0.1, 0.15) is 5.56 Å². The van der Waals surface area contributed by atoms with Crippen molar-refractivity contribution < 1.29 is 23.0 Å². The number of hydrogen-bond donors (Lipinski definition) is 1. The van der Waals surface area contributed by atoms with Crippen molar-refractivity contribution in [1.82, 2.24) is 0 Å². The summed E-state index contributed by atoms with van der Waals surface area (Å²) in [5.41, 5.74) is 1.21. The van der Waals surface area contributed by atoms with Crippen molar-refractivity contribution in [2.24, 2.45) is 0 Å². The van der Waals surface area contributed by atoms with Crippen LogP contribution in [0.5, 0.6) is 11.5 Å². The predicted molar refractivity (Wildman–Crippen MR) is 96.3 cm³/mol. The molecule has 25 heavy (non-hydrogen) atoms. The van der Waals surface area contributed by atoms with E-state index in [4.69, 9.17) is 9.47 Å². The van der Waals surface area contributed by atoms with Crippen LogP contribution in [0, 0.1) is 11.6 Å². The van der Waals surface area contributed by atoms with Crippen molar-refractivity contribution in [3.63, 3.8) is 0 Å². The molecular weight excluding hydrogens is 416 g/mol. The van der Waals surface area contributed by atoms with Crippen LogP contribution in [0.25, 0.3) is 0 Å². The minimum Gasteiger partial charge on any atom is -0.486 e. The van der Waals surface area contributed by atoms with Crippen molar-refractivity contribution in [2.45, 2.75) is 5.75 Å². The van der Waals surface area contributed by atoms with Crippen LogP contribution in [0.15, 0.2) is 34.8 Å². The molecule has 8 heteroatoms. The number of thioether (sulfide) groups is 1. The molecule has 0 radical (unpaired) electrons. The molecule has 2 aromatic rings. The van der Waals surface area contributed by atoms with Gasteiger partial charge in [0.05, 0.1) is 5.75 Å². The van der Waals surface area contributed by atoms with Crippen LogP contribution < -0.4 is 14.8 Å². The lowest BCUT2D eigenvalue weighted by Gasteiger charge is -2.19. The molecule has 0 fully saturated rings. The van der Waals surface area contributed by atoms with E-state index in [0.717, 1.165) is 22.2 Å². The summed E-state index contributed by atoms with van der Waals surface area (Å²) in [6.45, 7) is 1.04. The maximum Gasteiger partial charge on any atom is 0.234 e. The highest BCUT2D eigenvalue weighted by atomic mass is 79.9. The van der Waals surface area contributed by atoms with Crippen LogP contribution in [-0.4, -0.2) is 24.9 Å². The van der Waals surface area contributed by atoms with Crippen LogP contribution in [0.3, 0.4) is 0 Å². The molecule has 0 saturated heterocycles. The third-order valence-electron chi connectivity index (χ3n) is 3.41. The molecule has 1 aliphatic heterocycles. The fourth-order valence-corrected chi connectivity index (χ4v) is 3.71. The highest BCUT2D eigenvalue weighted by molar-refractivity contribution is 9.10. The third kappa shape index (κ3) is 4.64. The number of carbonyl (C=O) groups is 1. The van der Waals surface area contributed by atoms with E-state index in [1.807, 2.05) is 12.1 Å². The van der Waals surface area contributed by atoms with Crippen molar-refractivity contribution in [2.75, 3.05) is 24.3 Å². The van der Waals surface area contributed by atoms with E-state index in [1.54, 1.807) is 0 Å². The van der Waals surface area contributed by atoms with Gasteiger partial charge >= 0.3 is 0 Å². The number of benzene rings is 2. The van der Waals surface area contributed by atoms with Gasteiger partial charge in [0.15, 0.2) is 23.1 Å². The minimum absolute atomic E-state index is 0.180. The molecule has 0 atom stereocenters. The van der Waals surface area contributed by atoms with Gasteiger partial charge in [-0.1, -0.05) is 15.9 Å². The zero-order valence-electron chi connectivity index (χ0n) is 13.0. The average molecular weight is 430 g/mol. The van der Waals surface area contributed by atoms with Gasteiger partial charge in [0.2, 0.25) is 5.91 Å². The average Bonchev–Trinajstić information content (AvgIpc) is 2.58. The van der Waals surface area contributed by atoms with E-state index >= 15 is 0 Å². The summed E-state index contributed by atoms with van der Waals surface area (Å²) in [7, 11) is 0. The van der Waals surface area contributed by atoms with E-state index in [2.05, 4.69) is 21.2 Å². The van der Waals surface area contributed by atoms with Gasteiger partial charge in [0.25, 0.3) is 0 Å². The second-order valence-corrected chi connectivity index (χ2v) is 7.10. The summed E-state index contributed by atoms with van der Waals surface area (Å²) in [5, 5.41) is 2.54. The Kier molecular flexibility index (Phi) is 5.80. The second kappa shape index (κ2) is 8.05. The Morgan fingerprint density at radius 1 is 1.12 bits per heavy atom. The van der Waals surface area contributed by atoms with Crippen LogP contribution >= 0.6 is 27.7 Å². The lowest BCUT2D eigenvalue weighted by molar-refractivity contribution is -0.113. The smallest absolute Gasteiger partial charge is 0.234 e. The maximum absolute atomic E-state index is 13.1. The van der Waals surface area contributed by atoms with Crippen molar-refractivity contribution in [3.8, 4) is 11.5 Å². The summed E-state index contributed by atoms with van der Waals surface area (Å²) >= 11 is 4.88. The van der Waals surface area contributed by atoms with Gasteiger partial charge in [-0.2, -0.15) is 0 Å². The zero-order valence-corrected chi connectivity index (χ0v) is 15.4. The summed E-state index contributed by atoms with van der Waals surface area (Å²) in [4.78, 5) is 11.9. The molecule has 0 aromatic heterocycles. The first-order valence-corrected chi connectivity index (χ1v) is 9.38. The molecule has 2 aromatic carbocycles. The summed E-state index contributed by atoms with van der Waals surface area (Å²) in [5.74, 6) is -0.0760. The molecule has 4 nitrogen and oxygen atoms in total. The van der Waals surface area contributed by atoms with Gasteiger partial charge < -0.3 is 14.8 Å². The summed E-state index contributed by atoms with van der Waals surface area (Å²) in [6, 6.07) is 6.99. The maximum atomic E-state index is 13.1. The fraction of sp³-hybridized carbons (Fsp3) is 0.235. The topological polar surface area (TPSA) is 47.6 Å². The molecular formula is C17H14BrF2NO3S. The number of anilines is 1. The molecule has 0 saturated carbocycles. The van der Waals surface area contributed by atoms with E-state index in [1.165, 1.54) is 17.8 Å². The van der Waals surface area contributed by atoms with Gasteiger partial charge in [0.1, 0.15) is 13.2 Å². The SMILES string of the molecule is O=C(CSCc1cc2c(cc1Br)OCCO2)Nc1ccc(F)c(F)c1. The van der Waals surface area contributed by atoms with E-state index in [0.29, 0.717) is 30.5 Å². The second-order valence-electron chi connectivity index (χ2n) is 5.26. The Morgan fingerprint density at radius 3 is 2.56 bits per heavy atom. The van der Waals surface area contributed by atoms with Gasteiger partial charge in [0, 0.05) is 22.0 Å². The normalized spacial score (nSPS) is 12.8. The standard InChI is InChI=1S/C17H14BrF2NO3S/c18-12-7-16-15(23-3-4-24-16)5-10(12)8-25-9-17(22)21-11-1-2-13(19)14(20)6-11/h1-2,5-7H,3-4,8-9H2,(H,21,22). The Hall–Kier alpha value is -1.80. The first-order chi connectivity index (χ1) is 12.0. The molecule has 0 bridgehead atoms. The number of fused-ring (bicyclic) bond motifs is 1. The quantitative estimate of drug-likeness (QED) is 0.766. The first kappa shape index (κ1) is 18.0. The molecule has 0 aliphatic carbocycles. The molecule has 132 valence electrons.